The minimum atomic E-state index is -0.699. The first-order valence-corrected chi connectivity index (χ1v) is 14.9. The topological polar surface area (TPSA) is 132 Å². The van der Waals surface area contributed by atoms with Crippen LogP contribution >= 0.6 is 0 Å². The first kappa shape index (κ1) is 32.5. The number of β-amino-alcohol motifs (C(OH)–C–C–N with tert-alkyl or cyclic N) is 1. The van der Waals surface area contributed by atoms with Crippen molar-refractivity contribution in [3.63, 3.8) is 0 Å². The predicted molar refractivity (Wildman–Crippen MR) is 173 cm³/mol. The SMILES string of the molecule is CNC(=O)Nc1ccccc1-c1ccc(CN2C(=O)[C@H](NC(=O)CC(C)(C)NC[C@H](C)O)CCc3cc(OC)ccc32)cc1. The first-order valence-electron chi connectivity index (χ1n) is 14.9. The summed E-state index contributed by atoms with van der Waals surface area (Å²) < 4.78 is 5.46. The van der Waals surface area contributed by atoms with Gasteiger partial charge in [-0.1, -0.05) is 42.5 Å². The number of carbonyl (C=O) groups is 3. The molecular weight excluding hydrogens is 558 g/mol. The van der Waals surface area contributed by atoms with E-state index >= 15 is 0 Å². The number of amides is 4. The predicted octanol–water partition coefficient (Wildman–Crippen LogP) is 4.22. The number of aryl methyl sites for hydroxylation is 1. The lowest BCUT2D eigenvalue weighted by Gasteiger charge is -2.29. The summed E-state index contributed by atoms with van der Waals surface area (Å²) in [6, 6.07) is 20.1. The van der Waals surface area contributed by atoms with Crippen LogP contribution in [-0.4, -0.2) is 61.3 Å². The molecule has 0 bridgehead atoms. The van der Waals surface area contributed by atoms with E-state index in [1.165, 1.54) is 0 Å². The molecule has 1 aliphatic rings. The quantitative estimate of drug-likeness (QED) is 0.224. The molecule has 1 heterocycles. The van der Waals surface area contributed by atoms with Gasteiger partial charge in [0, 0.05) is 36.8 Å². The van der Waals surface area contributed by atoms with E-state index in [1.807, 2.05) is 80.6 Å². The number of rotatable bonds is 11. The van der Waals surface area contributed by atoms with Crippen LogP contribution in [0.4, 0.5) is 16.2 Å². The Hall–Kier alpha value is -4.41. The number of anilines is 2. The zero-order valence-electron chi connectivity index (χ0n) is 26.1. The van der Waals surface area contributed by atoms with Gasteiger partial charge in [-0.2, -0.15) is 0 Å². The molecule has 10 heteroatoms. The normalized spacial score (nSPS) is 15.5. The fourth-order valence-electron chi connectivity index (χ4n) is 5.31. The highest BCUT2D eigenvalue weighted by Gasteiger charge is 2.33. The van der Waals surface area contributed by atoms with E-state index in [1.54, 1.807) is 26.0 Å². The maximum absolute atomic E-state index is 14.0. The van der Waals surface area contributed by atoms with Crippen LogP contribution < -0.4 is 30.9 Å². The summed E-state index contributed by atoms with van der Waals surface area (Å²) in [5.74, 6) is 0.294. The third kappa shape index (κ3) is 8.36. The van der Waals surface area contributed by atoms with Crippen molar-refractivity contribution >= 4 is 29.2 Å². The Kier molecular flexibility index (Phi) is 10.6. The summed E-state index contributed by atoms with van der Waals surface area (Å²) in [7, 11) is 3.18. The number of carbonyl (C=O) groups excluding carboxylic acids is 3. The van der Waals surface area contributed by atoms with E-state index in [-0.39, 0.29) is 24.3 Å². The molecule has 44 heavy (non-hydrogen) atoms. The van der Waals surface area contributed by atoms with Crippen molar-refractivity contribution in [1.82, 2.24) is 16.0 Å². The number of aliphatic hydroxyl groups excluding tert-OH is 1. The molecule has 5 N–H and O–H groups in total. The standard InChI is InChI=1S/C34H43N5O5/c1-22(40)20-36-34(2,3)19-31(41)37-29-16-14-25-18-26(44-5)15-17-30(25)39(32(29)42)21-23-10-12-24(13-11-23)27-8-6-7-9-28(27)38-33(43)35-4/h6-13,15,17-18,22,29,36,40H,14,16,19-21H2,1-5H3,(H,37,41)(H2,35,38,43)/t22-,29+/m0/s1. The lowest BCUT2D eigenvalue weighted by Crippen LogP contribution is -2.51. The molecule has 0 aliphatic carbocycles. The Balaban J connectivity index is 1.57. The minimum absolute atomic E-state index is 0.155. The molecule has 0 unspecified atom stereocenters. The van der Waals surface area contributed by atoms with Crippen molar-refractivity contribution in [3.05, 3.63) is 77.9 Å². The van der Waals surface area contributed by atoms with Crippen molar-refractivity contribution in [2.24, 2.45) is 0 Å². The molecule has 4 amide bonds. The van der Waals surface area contributed by atoms with Gasteiger partial charge in [0.15, 0.2) is 0 Å². The van der Waals surface area contributed by atoms with Crippen molar-refractivity contribution < 1.29 is 24.2 Å². The Bertz CT molecular complexity index is 1470. The molecule has 2 atom stereocenters. The minimum Gasteiger partial charge on any atom is -0.497 e. The Labute approximate surface area is 259 Å². The van der Waals surface area contributed by atoms with Crippen LogP contribution in [0, 0.1) is 0 Å². The summed E-state index contributed by atoms with van der Waals surface area (Å²) in [5, 5.41) is 21.3. The van der Waals surface area contributed by atoms with E-state index in [2.05, 4.69) is 21.3 Å². The number of methoxy groups -OCH3 is 1. The van der Waals surface area contributed by atoms with Crippen molar-refractivity contribution in [2.75, 3.05) is 30.9 Å². The first-order chi connectivity index (χ1) is 21.0. The fraction of sp³-hybridized carbons (Fsp3) is 0.382. The summed E-state index contributed by atoms with van der Waals surface area (Å²) in [6.07, 6.45) is 0.670. The van der Waals surface area contributed by atoms with Crippen LogP contribution in [0.25, 0.3) is 11.1 Å². The summed E-state index contributed by atoms with van der Waals surface area (Å²) in [5.41, 5.74) is 4.60. The van der Waals surface area contributed by atoms with Gasteiger partial charge in [0.1, 0.15) is 11.8 Å². The summed E-state index contributed by atoms with van der Waals surface area (Å²) >= 11 is 0. The van der Waals surface area contributed by atoms with Gasteiger partial charge in [0.05, 0.1) is 25.4 Å². The van der Waals surface area contributed by atoms with Crippen LogP contribution in [0.3, 0.4) is 0 Å². The molecule has 0 radical (unpaired) electrons. The highest BCUT2D eigenvalue weighted by molar-refractivity contribution is 6.00. The molecule has 1 aliphatic heterocycles. The van der Waals surface area contributed by atoms with Gasteiger partial charge in [0.25, 0.3) is 0 Å². The van der Waals surface area contributed by atoms with Gasteiger partial charge >= 0.3 is 6.03 Å². The van der Waals surface area contributed by atoms with E-state index in [4.69, 9.17) is 4.74 Å². The molecule has 0 saturated carbocycles. The molecule has 0 aromatic heterocycles. The average molecular weight is 602 g/mol. The number of hydrogen-bond acceptors (Lipinski definition) is 6. The third-order valence-corrected chi connectivity index (χ3v) is 7.67. The van der Waals surface area contributed by atoms with Gasteiger partial charge in [-0.15, -0.1) is 0 Å². The van der Waals surface area contributed by atoms with Crippen molar-refractivity contribution in [2.45, 2.75) is 64.3 Å². The second-order valence-corrected chi connectivity index (χ2v) is 11.8. The number of aliphatic hydroxyl groups is 1. The highest BCUT2D eigenvalue weighted by Crippen LogP contribution is 2.33. The van der Waals surface area contributed by atoms with Crippen LogP contribution in [0.15, 0.2) is 66.7 Å². The maximum Gasteiger partial charge on any atom is 0.318 e. The van der Waals surface area contributed by atoms with Crippen LogP contribution in [-0.2, 0) is 22.6 Å². The second-order valence-electron chi connectivity index (χ2n) is 11.8. The molecule has 0 saturated heterocycles. The average Bonchev–Trinajstić information content (AvgIpc) is 3.12. The molecule has 0 spiro atoms. The van der Waals surface area contributed by atoms with Gasteiger partial charge in [0.2, 0.25) is 11.8 Å². The number of benzene rings is 3. The van der Waals surface area contributed by atoms with Gasteiger partial charge in [-0.05, 0) is 74.6 Å². The van der Waals surface area contributed by atoms with E-state index < -0.39 is 17.7 Å². The van der Waals surface area contributed by atoms with E-state index in [9.17, 15) is 19.5 Å². The Morgan fingerprint density at radius 3 is 2.50 bits per heavy atom. The van der Waals surface area contributed by atoms with Gasteiger partial charge in [-0.3, -0.25) is 9.59 Å². The van der Waals surface area contributed by atoms with Crippen LogP contribution in [0.2, 0.25) is 0 Å². The molecule has 3 aromatic carbocycles. The third-order valence-electron chi connectivity index (χ3n) is 7.67. The second kappa shape index (κ2) is 14.4. The lowest BCUT2D eigenvalue weighted by atomic mass is 9.99. The van der Waals surface area contributed by atoms with Crippen LogP contribution in [0.1, 0.15) is 44.7 Å². The van der Waals surface area contributed by atoms with Crippen molar-refractivity contribution in [1.29, 1.82) is 0 Å². The molecule has 10 nitrogen and oxygen atoms in total. The number of hydrogen-bond donors (Lipinski definition) is 5. The molecule has 3 aromatic rings. The number of ether oxygens (including phenoxy) is 1. The van der Waals surface area contributed by atoms with Gasteiger partial charge < -0.3 is 36.0 Å². The van der Waals surface area contributed by atoms with Crippen LogP contribution in [0.5, 0.6) is 5.75 Å². The molecule has 234 valence electrons. The largest absolute Gasteiger partial charge is 0.497 e. The summed E-state index contributed by atoms with van der Waals surface area (Å²) in [6.45, 7) is 6.16. The highest BCUT2D eigenvalue weighted by atomic mass is 16.5. The molecule has 4 rings (SSSR count). The number of para-hydroxylation sites is 1. The molecular formula is C34H43N5O5. The number of urea groups is 1. The smallest absolute Gasteiger partial charge is 0.318 e. The maximum atomic E-state index is 14.0. The Morgan fingerprint density at radius 1 is 1.09 bits per heavy atom. The van der Waals surface area contributed by atoms with Crippen molar-refractivity contribution in [3.8, 4) is 16.9 Å². The zero-order valence-corrected chi connectivity index (χ0v) is 26.1. The monoisotopic (exact) mass is 601 g/mol. The fourth-order valence-corrected chi connectivity index (χ4v) is 5.31. The Morgan fingerprint density at radius 2 is 1.82 bits per heavy atom. The van der Waals surface area contributed by atoms with E-state index in [0.29, 0.717) is 37.4 Å². The lowest BCUT2D eigenvalue weighted by molar-refractivity contribution is -0.128. The van der Waals surface area contributed by atoms with Gasteiger partial charge in [-0.25, -0.2) is 4.79 Å². The number of nitrogens with one attached hydrogen (secondary N) is 4. The zero-order chi connectivity index (χ0) is 31.9. The number of fused-ring (bicyclic) bond motifs is 1. The molecule has 0 fully saturated rings. The van der Waals surface area contributed by atoms with E-state index in [0.717, 1.165) is 27.9 Å². The summed E-state index contributed by atoms with van der Waals surface area (Å²) in [4.78, 5) is 40.8. The number of nitrogens with zero attached hydrogens (tertiary/aromatic N) is 1.